The average Bonchev–Trinajstić information content (AvgIpc) is 3.26. The Labute approximate surface area is 217 Å². The van der Waals surface area contributed by atoms with Crippen molar-refractivity contribution in [3.05, 3.63) is 30.0 Å². The van der Waals surface area contributed by atoms with Gasteiger partial charge in [-0.3, -0.25) is 5.10 Å². The molecule has 4 atom stereocenters. The predicted molar refractivity (Wildman–Crippen MR) is 144 cm³/mol. The van der Waals surface area contributed by atoms with E-state index < -0.39 is 0 Å². The fourth-order valence-electron chi connectivity index (χ4n) is 6.16. The van der Waals surface area contributed by atoms with Crippen LogP contribution in [0.3, 0.4) is 0 Å². The topological polar surface area (TPSA) is 127 Å². The van der Waals surface area contributed by atoms with E-state index in [1.807, 2.05) is 13.0 Å². The number of rotatable bonds is 8. The number of aromatic nitrogens is 4. The van der Waals surface area contributed by atoms with Crippen molar-refractivity contribution in [1.29, 1.82) is 5.26 Å². The van der Waals surface area contributed by atoms with Gasteiger partial charge in [-0.25, -0.2) is 4.98 Å². The van der Waals surface area contributed by atoms with Gasteiger partial charge in [-0.05, 0) is 63.1 Å². The van der Waals surface area contributed by atoms with Crippen LogP contribution >= 0.6 is 0 Å². The molecule has 0 saturated carbocycles. The van der Waals surface area contributed by atoms with E-state index in [9.17, 15) is 0 Å². The molecule has 0 amide bonds. The third-order valence-corrected chi connectivity index (χ3v) is 8.02. The molecular weight excluding hydrogens is 466 g/mol. The maximum atomic E-state index is 8.98. The number of hydrogen-bond donors (Lipinski definition) is 4. The molecule has 4 N–H and O–H groups in total. The van der Waals surface area contributed by atoms with Crippen molar-refractivity contribution >= 4 is 34.2 Å². The lowest BCUT2D eigenvalue weighted by Gasteiger charge is -2.43. The van der Waals surface area contributed by atoms with Crippen molar-refractivity contribution in [3.63, 3.8) is 0 Å². The van der Waals surface area contributed by atoms with E-state index in [-0.39, 0.29) is 6.10 Å². The van der Waals surface area contributed by atoms with Crippen LogP contribution in [0, 0.1) is 24.2 Å². The number of benzene rings is 1. The van der Waals surface area contributed by atoms with Gasteiger partial charge in [-0.2, -0.15) is 15.3 Å². The van der Waals surface area contributed by atoms with Gasteiger partial charge >= 0.3 is 0 Å². The van der Waals surface area contributed by atoms with E-state index in [1.165, 1.54) is 0 Å². The first-order chi connectivity index (χ1) is 18.1. The number of hydrogen-bond acceptors (Lipinski definition) is 9. The fourth-order valence-corrected chi connectivity index (χ4v) is 6.16. The second-order valence-corrected chi connectivity index (χ2v) is 10.8. The van der Waals surface area contributed by atoms with Crippen molar-refractivity contribution < 1.29 is 4.74 Å². The number of aromatic amines is 1. The Hall–Kier alpha value is -3.42. The molecule has 3 aliphatic rings. The Morgan fingerprint density at radius 2 is 1.95 bits per heavy atom. The molecule has 37 heavy (non-hydrogen) atoms. The molecule has 1 unspecified atom stereocenters. The summed E-state index contributed by atoms with van der Waals surface area (Å²) in [5.41, 5.74) is 3.03. The van der Waals surface area contributed by atoms with Crippen LogP contribution in [0.4, 0.5) is 23.3 Å². The number of piperidine rings is 2. The maximum Gasteiger partial charge on any atom is 0.225 e. The van der Waals surface area contributed by atoms with Crippen LogP contribution in [0.5, 0.6) is 0 Å². The molecule has 194 valence electrons. The highest BCUT2D eigenvalue weighted by Gasteiger charge is 2.35. The average molecular weight is 502 g/mol. The number of nitrogens with one attached hydrogen (secondary N) is 4. The molecule has 3 fully saturated rings. The largest absolute Gasteiger partial charge is 0.378 e. The highest BCUT2D eigenvalue weighted by Crippen LogP contribution is 2.34. The summed E-state index contributed by atoms with van der Waals surface area (Å²) in [6.45, 7) is 3.76. The minimum absolute atomic E-state index is 0.289. The zero-order valence-electron chi connectivity index (χ0n) is 21.5. The van der Waals surface area contributed by atoms with E-state index in [0.717, 1.165) is 79.1 Å². The van der Waals surface area contributed by atoms with E-state index in [1.54, 1.807) is 7.11 Å². The highest BCUT2D eigenvalue weighted by atomic mass is 16.5. The molecule has 3 aromatic rings. The Morgan fingerprint density at radius 1 is 1.14 bits per heavy atom. The number of H-pyrrole nitrogens is 1. The zero-order valence-corrected chi connectivity index (χ0v) is 21.5. The summed E-state index contributed by atoms with van der Waals surface area (Å²) in [6.07, 6.45) is 6.32. The summed E-state index contributed by atoms with van der Waals surface area (Å²) in [7, 11) is 1.77. The van der Waals surface area contributed by atoms with Crippen LogP contribution in [-0.4, -0.2) is 64.6 Å². The van der Waals surface area contributed by atoms with Gasteiger partial charge in [-0.15, -0.1) is 0 Å². The summed E-state index contributed by atoms with van der Waals surface area (Å²) in [5.74, 6) is 2.77. The van der Waals surface area contributed by atoms with E-state index in [2.05, 4.69) is 55.3 Å². The Morgan fingerprint density at radius 3 is 2.65 bits per heavy atom. The fraction of sp³-hybridized carbons (Fsp3) is 0.556. The first-order valence-electron chi connectivity index (χ1n) is 13.3. The second kappa shape index (κ2) is 10.1. The molecule has 2 bridgehead atoms. The van der Waals surface area contributed by atoms with Crippen molar-refractivity contribution in [2.45, 2.75) is 69.7 Å². The van der Waals surface area contributed by atoms with E-state index in [0.29, 0.717) is 36.4 Å². The van der Waals surface area contributed by atoms with Crippen LogP contribution in [0.2, 0.25) is 0 Å². The summed E-state index contributed by atoms with van der Waals surface area (Å²) in [4.78, 5) is 12.2. The lowest BCUT2D eigenvalue weighted by Crippen LogP contribution is -2.54. The third-order valence-electron chi connectivity index (χ3n) is 8.02. The Balaban J connectivity index is 1.24. The molecule has 6 rings (SSSR count). The first-order valence-corrected chi connectivity index (χ1v) is 13.3. The van der Waals surface area contributed by atoms with Crippen LogP contribution in [0.15, 0.2) is 24.3 Å². The molecular formula is C27H35N9O. The van der Waals surface area contributed by atoms with Gasteiger partial charge in [0.2, 0.25) is 5.95 Å². The predicted octanol–water partition coefficient (Wildman–Crippen LogP) is 3.85. The van der Waals surface area contributed by atoms with Crippen molar-refractivity contribution in [2.75, 3.05) is 35.7 Å². The third kappa shape index (κ3) is 5.20. The van der Waals surface area contributed by atoms with Crippen LogP contribution < -0.4 is 20.9 Å². The van der Waals surface area contributed by atoms with Crippen molar-refractivity contribution in [1.82, 2.24) is 25.5 Å². The van der Waals surface area contributed by atoms with Gasteiger partial charge in [-0.1, -0.05) is 0 Å². The minimum atomic E-state index is 0.289. The number of anilines is 4. The number of fused-ring (bicyclic) bond motifs is 3. The zero-order chi connectivity index (χ0) is 25.4. The van der Waals surface area contributed by atoms with E-state index in [4.69, 9.17) is 20.0 Å². The number of methoxy groups -OCH3 is 1. The maximum absolute atomic E-state index is 8.98. The smallest absolute Gasteiger partial charge is 0.225 e. The van der Waals surface area contributed by atoms with Gasteiger partial charge in [0.15, 0.2) is 5.82 Å². The molecule has 3 aliphatic heterocycles. The Kier molecular flexibility index (Phi) is 6.57. The van der Waals surface area contributed by atoms with Crippen molar-refractivity contribution in [2.24, 2.45) is 5.92 Å². The van der Waals surface area contributed by atoms with Gasteiger partial charge in [0.25, 0.3) is 0 Å². The molecule has 3 saturated heterocycles. The number of nitrogens with zero attached hydrogens (tertiary/aromatic N) is 5. The molecule has 10 heteroatoms. The van der Waals surface area contributed by atoms with Crippen LogP contribution in [0.25, 0.3) is 10.9 Å². The molecule has 0 radical (unpaired) electrons. The molecule has 2 aromatic heterocycles. The highest BCUT2D eigenvalue weighted by molar-refractivity contribution is 5.93. The summed E-state index contributed by atoms with van der Waals surface area (Å²) in [6, 6.07) is 11.9. The minimum Gasteiger partial charge on any atom is -0.378 e. The van der Waals surface area contributed by atoms with Crippen LogP contribution in [0.1, 0.15) is 44.2 Å². The summed E-state index contributed by atoms with van der Waals surface area (Å²) < 4.78 is 5.46. The quantitative estimate of drug-likeness (QED) is 0.364. The monoisotopic (exact) mass is 501 g/mol. The number of ether oxygens (including phenoxy) is 1. The second-order valence-electron chi connectivity index (χ2n) is 10.8. The molecule has 0 aliphatic carbocycles. The molecule has 10 nitrogen and oxygen atoms in total. The molecule has 0 spiro atoms. The SMILES string of the molecule is COC1CN(c2ccc3c(Nc4cc(C)[nH]n4)nc(N[C@@H]4C[C@H]5CC(CCC#N)C[C@@H](C4)N5)nc3c2)C1. The standard InChI is InChI=1S/C27H35N9O/c1-16-8-25(35-34-16)32-26-23-6-5-21(36-14-22(15-36)37-2)13-24(23)31-27(33-26)30-20-11-18-9-17(4-3-7-28)10-19(12-20)29-18/h5-6,8,13,17-20,22,29H,3-4,9-12,14-15H2,1-2H3,(H3,30,31,32,33,34,35)/t17?,18-,19+,20-. The Bertz CT molecular complexity index is 1280. The number of aryl methyl sites for hydroxylation is 1. The van der Waals surface area contributed by atoms with Gasteiger partial charge < -0.3 is 25.6 Å². The summed E-state index contributed by atoms with van der Waals surface area (Å²) >= 11 is 0. The molecule has 1 aromatic carbocycles. The lowest BCUT2D eigenvalue weighted by molar-refractivity contribution is 0.0788. The van der Waals surface area contributed by atoms with Gasteiger partial charge in [0.1, 0.15) is 5.82 Å². The van der Waals surface area contributed by atoms with E-state index >= 15 is 0 Å². The molecule has 5 heterocycles. The summed E-state index contributed by atoms with van der Waals surface area (Å²) in [5, 5.41) is 28.1. The van der Waals surface area contributed by atoms with Gasteiger partial charge in [0, 0.05) is 67.6 Å². The lowest BCUT2D eigenvalue weighted by atomic mass is 9.77. The van der Waals surface area contributed by atoms with Gasteiger partial charge in [0.05, 0.1) is 17.7 Å². The number of nitriles is 1. The first kappa shape index (κ1) is 23.9. The normalized spacial score (nSPS) is 25.5. The van der Waals surface area contributed by atoms with Crippen LogP contribution in [-0.2, 0) is 4.74 Å². The van der Waals surface area contributed by atoms with Crippen molar-refractivity contribution in [3.8, 4) is 6.07 Å².